The first-order chi connectivity index (χ1) is 9.29. The average Bonchev–Trinajstić information content (AvgIpc) is 2.41. The van der Waals surface area contributed by atoms with Gasteiger partial charge in [-0.25, -0.2) is 4.39 Å². The van der Waals surface area contributed by atoms with Gasteiger partial charge in [-0.15, -0.1) is 0 Å². The van der Waals surface area contributed by atoms with Crippen molar-refractivity contribution in [2.45, 2.75) is 45.3 Å². The maximum atomic E-state index is 12.9. The molecule has 2 rings (SSSR count). The quantitative estimate of drug-likeness (QED) is 0.897. The van der Waals surface area contributed by atoms with E-state index in [1.807, 2.05) is 6.92 Å². The minimum atomic E-state index is -0.915. The van der Waals surface area contributed by atoms with Crippen molar-refractivity contribution in [1.82, 2.24) is 10.2 Å². The second kappa shape index (κ2) is 5.23. The van der Waals surface area contributed by atoms with Crippen LogP contribution in [0.2, 0.25) is 0 Å². The highest BCUT2D eigenvalue weighted by atomic mass is 19.1. The number of rotatable bonds is 2. The second-order valence-corrected chi connectivity index (χ2v) is 5.79. The summed E-state index contributed by atoms with van der Waals surface area (Å²) in [6.07, 6.45) is 0.274. The van der Waals surface area contributed by atoms with Gasteiger partial charge in [0.2, 0.25) is 11.8 Å². The van der Waals surface area contributed by atoms with Crippen molar-refractivity contribution in [3.8, 4) is 0 Å². The van der Waals surface area contributed by atoms with Crippen LogP contribution in [0.1, 0.15) is 32.8 Å². The van der Waals surface area contributed by atoms with Gasteiger partial charge in [-0.1, -0.05) is 12.1 Å². The molecule has 1 atom stereocenters. The molecule has 108 valence electrons. The van der Waals surface area contributed by atoms with Crippen LogP contribution in [-0.4, -0.2) is 28.3 Å². The summed E-state index contributed by atoms with van der Waals surface area (Å²) < 4.78 is 12.9. The summed E-state index contributed by atoms with van der Waals surface area (Å²) in [5.74, 6) is -0.557. The van der Waals surface area contributed by atoms with Crippen molar-refractivity contribution in [2.24, 2.45) is 0 Å². The smallest absolute Gasteiger partial charge is 0.248 e. The molecule has 1 aliphatic rings. The molecule has 1 fully saturated rings. The van der Waals surface area contributed by atoms with E-state index < -0.39 is 5.54 Å². The highest BCUT2D eigenvalue weighted by Crippen LogP contribution is 2.20. The molecule has 0 aliphatic carbocycles. The molecule has 0 radical (unpaired) electrons. The predicted molar refractivity (Wildman–Crippen MR) is 73.3 cm³/mol. The summed E-state index contributed by atoms with van der Waals surface area (Å²) >= 11 is 0. The van der Waals surface area contributed by atoms with Gasteiger partial charge in [0.05, 0.1) is 0 Å². The molecule has 2 amide bonds. The van der Waals surface area contributed by atoms with Gasteiger partial charge < -0.3 is 10.2 Å². The summed E-state index contributed by atoms with van der Waals surface area (Å²) in [6, 6.07) is 5.87. The van der Waals surface area contributed by atoms with Crippen molar-refractivity contribution in [1.29, 1.82) is 0 Å². The first kappa shape index (κ1) is 14.5. The minimum Gasteiger partial charge on any atom is -0.342 e. The van der Waals surface area contributed by atoms with E-state index in [0.717, 1.165) is 5.56 Å². The van der Waals surface area contributed by atoms with Crippen molar-refractivity contribution in [2.75, 3.05) is 0 Å². The van der Waals surface area contributed by atoms with Crippen LogP contribution in [0.4, 0.5) is 4.39 Å². The van der Waals surface area contributed by atoms with E-state index in [9.17, 15) is 14.0 Å². The summed E-state index contributed by atoms with van der Waals surface area (Å²) in [5.41, 5.74) is -0.0706. The largest absolute Gasteiger partial charge is 0.342 e. The van der Waals surface area contributed by atoms with Gasteiger partial charge in [0, 0.05) is 19.0 Å². The van der Waals surface area contributed by atoms with Crippen LogP contribution in [0, 0.1) is 5.82 Å². The number of hydrogen-bond acceptors (Lipinski definition) is 2. The second-order valence-electron chi connectivity index (χ2n) is 5.79. The number of nitrogens with zero attached hydrogens (tertiary/aromatic N) is 1. The summed E-state index contributed by atoms with van der Waals surface area (Å²) in [6.45, 7) is 5.62. The zero-order valence-electron chi connectivity index (χ0n) is 11.9. The summed E-state index contributed by atoms with van der Waals surface area (Å²) in [5, 5.41) is 2.73. The first-order valence-electron chi connectivity index (χ1n) is 6.66. The van der Waals surface area contributed by atoms with Crippen molar-refractivity contribution in [3.05, 3.63) is 35.6 Å². The van der Waals surface area contributed by atoms with Gasteiger partial charge in [0.25, 0.3) is 0 Å². The number of amides is 2. The Morgan fingerprint density at radius 3 is 2.50 bits per heavy atom. The van der Waals surface area contributed by atoms with E-state index in [-0.39, 0.29) is 30.1 Å². The predicted octanol–water partition coefficient (Wildman–Crippen LogP) is 1.84. The number of hydrogen-bond donors (Lipinski definition) is 1. The Kier molecular flexibility index (Phi) is 3.79. The molecule has 0 spiro atoms. The molecular weight excluding hydrogens is 259 g/mol. The fourth-order valence-electron chi connectivity index (χ4n) is 2.40. The molecule has 0 bridgehead atoms. The normalized spacial score (nSPS) is 22.4. The van der Waals surface area contributed by atoms with E-state index in [1.54, 1.807) is 30.9 Å². The molecule has 0 aromatic heterocycles. The molecule has 1 N–H and O–H groups in total. The monoisotopic (exact) mass is 278 g/mol. The molecule has 1 heterocycles. The number of benzene rings is 1. The maximum absolute atomic E-state index is 12.9. The zero-order chi connectivity index (χ0) is 14.9. The van der Waals surface area contributed by atoms with E-state index >= 15 is 0 Å². The van der Waals surface area contributed by atoms with E-state index in [4.69, 9.17) is 0 Å². The zero-order valence-corrected chi connectivity index (χ0v) is 11.9. The molecule has 20 heavy (non-hydrogen) atoms. The van der Waals surface area contributed by atoms with Crippen molar-refractivity contribution < 1.29 is 14.0 Å². The van der Waals surface area contributed by atoms with Crippen molar-refractivity contribution >= 4 is 11.8 Å². The fraction of sp³-hybridized carbons (Fsp3) is 0.467. The molecule has 1 unspecified atom stereocenters. The summed E-state index contributed by atoms with van der Waals surface area (Å²) in [7, 11) is 0. The standard InChI is InChI=1S/C15H19FN2O2/c1-10-8-13(19)17-15(2,3)14(20)18(10)9-11-4-6-12(16)7-5-11/h4-7,10H,8-9H2,1-3H3,(H,17,19). The van der Waals surface area contributed by atoms with Crippen LogP contribution in [0.15, 0.2) is 24.3 Å². The fourth-order valence-corrected chi connectivity index (χ4v) is 2.40. The Morgan fingerprint density at radius 1 is 1.30 bits per heavy atom. The molecule has 1 aromatic rings. The van der Waals surface area contributed by atoms with E-state index in [2.05, 4.69) is 5.32 Å². The van der Waals surface area contributed by atoms with Gasteiger partial charge in [0.1, 0.15) is 11.4 Å². The molecule has 5 heteroatoms. The van der Waals surface area contributed by atoms with Crippen molar-refractivity contribution in [3.63, 3.8) is 0 Å². The Balaban J connectivity index is 2.25. The van der Waals surface area contributed by atoms with E-state index in [0.29, 0.717) is 6.54 Å². The van der Waals surface area contributed by atoms with Crippen LogP contribution in [0.3, 0.4) is 0 Å². The Hall–Kier alpha value is -1.91. The highest BCUT2D eigenvalue weighted by Gasteiger charge is 2.39. The third kappa shape index (κ3) is 2.98. The first-order valence-corrected chi connectivity index (χ1v) is 6.66. The third-order valence-electron chi connectivity index (χ3n) is 3.53. The number of nitrogens with one attached hydrogen (secondary N) is 1. The van der Waals surface area contributed by atoms with Gasteiger partial charge in [-0.05, 0) is 38.5 Å². The van der Waals surface area contributed by atoms with Gasteiger partial charge in [0.15, 0.2) is 0 Å². The lowest BCUT2D eigenvalue weighted by Crippen LogP contribution is -2.53. The van der Waals surface area contributed by atoms with Crippen LogP contribution >= 0.6 is 0 Å². The molecule has 1 aromatic carbocycles. The lowest BCUT2D eigenvalue weighted by atomic mass is 10.0. The lowest BCUT2D eigenvalue weighted by Gasteiger charge is -2.32. The molecule has 4 nitrogen and oxygen atoms in total. The lowest BCUT2D eigenvalue weighted by molar-refractivity contribution is -0.139. The SMILES string of the molecule is CC1CC(=O)NC(C)(C)C(=O)N1Cc1ccc(F)cc1. The van der Waals surface area contributed by atoms with E-state index in [1.165, 1.54) is 12.1 Å². The molecule has 1 saturated heterocycles. The van der Waals surface area contributed by atoms with Gasteiger partial charge >= 0.3 is 0 Å². The van der Waals surface area contributed by atoms with Crippen LogP contribution in [0.5, 0.6) is 0 Å². The molecule has 0 saturated carbocycles. The van der Waals surface area contributed by atoms with Crippen LogP contribution < -0.4 is 5.32 Å². The number of carbonyl (C=O) groups excluding carboxylic acids is 2. The Labute approximate surface area is 118 Å². The number of halogens is 1. The van der Waals surface area contributed by atoms with Gasteiger partial charge in [-0.2, -0.15) is 0 Å². The minimum absolute atomic E-state index is 0.125. The number of carbonyl (C=O) groups is 2. The molecule has 1 aliphatic heterocycles. The van der Waals surface area contributed by atoms with Crippen LogP contribution in [0.25, 0.3) is 0 Å². The Morgan fingerprint density at radius 2 is 1.90 bits per heavy atom. The Bertz CT molecular complexity index is 525. The summed E-state index contributed by atoms with van der Waals surface area (Å²) in [4.78, 5) is 26.0. The average molecular weight is 278 g/mol. The topological polar surface area (TPSA) is 49.4 Å². The molecular formula is C15H19FN2O2. The van der Waals surface area contributed by atoms with Gasteiger partial charge in [-0.3, -0.25) is 9.59 Å². The third-order valence-corrected chi connectivity index (χ3v) is 3.53. The van der Waals surface area contributed by atoms with Crippen LogP contribution in [-0.2, 0) is 16.1 Å². The highest BCUT2D eigenvalue weighted by molar-refractivity contribution is 5.93. The maximum Gasteiger partial charge on any atom is 0.248 e.